The summed E-state index contributed by atoms with van der Waals surface area (Å²) in [5.74, 6) is -11.3. The second-order valence-electron chi connectivity index (χ2n) is 24.3. The average Bonchev–Trinajstić information content (AvgIpc) is 1.68. The van der Waals surface area contributed by atoms with Gasteiger partial charge in [0.15, 0.2) is 0 Å². The Balaban J connectivity index is 0.0000212. The Hall–Kier alpha value is -7.81. The SMILES string of the molecule is C[C@@H](O)[C@H](NC(=O)[C@H](CCCCN)NC(=O)[C@@H](Cc1c[nH]c2ccccc12)NC(=O)[C@H](Cc1ccc(O)cc1)NC(=O)[C@H](CS)NC(=O)[C@@H](Cc1ccccc1)NC(=O)CN1CCN(CC(=O)O)CCN(CC(=O)O)CCN(CC(=O)O)CC1)C(=O)N[C@@H](CS)C(=O)N[C@H](CO)[C@@H](C)O.[66Ga]. The number of rotatable bonds is 38. The average molecular weight is 1490 g/mol. The van der Waals surface area contributed by atoms with Crippen LogP contribution in [0.15, 0.2) is 85.1 Å². The van der Waals surface area contributed by atoms with Crippen molar-refractivity contribution in [2.45, 2.75) is 113 Å². The number of aromatic amines is 1. The molecule has 0 unspecified atom stereocenters. The number of aliphatic hydroxyl groups excluding tert-OH is 3. The number of nitrogens with zero attached hydrogens (tertiary/aromatic N) is 4. The molecule has 0 saturated carbocycles. The van der Waals surface area contributed by atoms with E-state index in [2.05, 4.69) is 72.8 Å². The number of aliphatic hydroxyl groups is 3. The van der Waals surface area contributed by atoms with Gasteiger partial charge in [0.2, 0.25) is 47.3 Å². The number of benzene rings is 3. The van der Waals surface area contributed by atoms with Gasteiger partial charge in [-0.1, -0.05) is 60.7 Å². The van der Waals surface area contributed by atoms with Crippen LogP contribution in [0, 0.1) is 0 Å². The molecule has 0 aliphatic carbocycles. The first-order chi connectivity index (χ1) is 47.2. The number of nitrogens with one attached hydrogen (secondary N) is 9. The summed E-state index contributed by atoms with van der Waals surface area (Å²) in [5, 5.41) is 91.3. The van der Waals surface area contributed by atoms with E-state index in [1.54, 1.807) is 80.4 Å². The summed E-state index contributed by atoms with van der Waals surface area (Å²) < 4.78 is 0. The Morgan fingerprint density at radius 3 is 1.37 bits per heavy atom. The fourth-order valence-electron chi connectivity index (χ4n) is 10.9. The number of phenols is 1. The molecule has 3 aromatic carbocycles. The molecule has 10 atom stereocenters. The Bertz CT molecular complexity index is 3290. The minimum absolute atomic E-state index is 0. The van der Waals surface area contributed by atoms with E-state index in [-0.39, 0.29) is 141 Å². The molecule has 1 fully saturated rings. The molecule has 0 bridgehead atoms. The molecule has 18 N–H and O–H groups in total. The number of aromatic hydroxyl groups is 1. The van der Waals surface area contributed by atoms with Crippen LogP contribution in [0.5, 0.6) is 5.75 Å². The first kappa shape index (κ1) is 84.6. The number of phenolic OH excluding ortho intramolecular Hbond substituents is 1. The number of H-pyrrole nitrogens is 1. The van der Waals surface area contributed by atoms with Crippen LogP contribution in [0.1, 0.15) is 49.8 Å². The normalized spacial score (nSPS) is 16.6. The summed E-state index contributed by atoms with van der Waals surface area (Å²) in [5.41, 5.74) is 8.05. The number of aromatic nitrogens is 1. The van der Waals surface area contributed by atoms with Gasteiger partial charge in [-0.15, -0.1) is 0 Å². The van der Waals surface area contributed by atoms with Gasteiger partial charge < -0.3 is 89.0 Å². The predicted molar refractivity (Wildman–Crippen MR) is 375 cm³/mol. The molecule has 35 heteroatoms. The number of para-hydroxylation sites is 1. The molecule has 32 nitrogen and oxygen atoms in total. The van der Waals surface area contributed by atoms with Gasteiger partial charge in [-0.25, -0.2) is 0 Å². The molecular weight excluding hydrogens is 1390 g/mol. The molecule has 0 spiro atoms. The van der Waals surface area contributed by atoms with Gasteiger partial charge in [0.05, 0.1) is 51.0 Å². The number of hydrogen-bond donors (Lipinski definition) is 19. The first-order valence-corrected chi connectivity index (χ1v) is 33.7. The maximum Gasteiger partial charge on any atom is 0.317 e. The second kappa shape index (κ2) is 43.8. The summed E-state index contributed by atoms with van der Waals surface area (Å²) in [6.45, 7) is 1.51. The molecule has 100 heavy (non-hydrogen) atoms. The van der Waals surface area contributed by atoms with E-state index >= 15 is 4.79 Å². The van der Waals surface area contributed by atoms with Gasteiger partial charge >= 0.3 is 17.9 Å². The quantitative estimate of drug-likeness (QED) is 0.0114. The zero-order valence-corrected chi connectivity index (χ0v) is 60.1. The molecule has 547 valence electrons. The molecule has 5 rings (SSSR count). The maximum atomic E-state index is 15.0. The van der Waals surface area contributed by atoms with Crippen molar-refractivity contribution in [2.75, 3.05) is 103 Å². The third kappa shape index (κ3) is 29.0. The summed E-state index contributed by atoms with van der Waals surface area (Å²) in [4.78, 5) is 160. The van der Waals surface area contributed by atoms with Gasteiger partial charge in [-0.2, -0.15) is 25.3 Å². The number of carboxylic acids is 3. The summed E-state index contributed by atoms with van der Waals surface area (Å²) >= 11 is 8.58. The zero-order valence-electron chi connectivity index (χ0n) is 55.9. The van der Waals surface area contributed by atoms with Crippen molar-refractivity contribution in [3.63, 3.8) is 0 Å². The van der Waals surface area contributed by atoms with E-state index < -0.39 is 145 Å². The van der Waals surface area contributed by atoms with Crippen molar-refractivity contribution >= 4 is 121 Å². The molecular formula is C65H94GaN14O18S2. The first-order valence-electron chi connectivity index (χ1n) is 32.4. The number of thiol groups is 2. The zero-order chi connectivity index (χ0) is 72.7. The Morgan fingerprint density at radius 1 is 0.490 bits per heavy atom. The Kier molecular flexibility index (Phi) is 37.0. The van der Waals surface area contributed by atoms with E-state index in [0.717, 1.165) is 0 Å². The number of hydrogen-bond acceptors (Lipinski definition) is 22. The largest absolute Gasteiger partial charge is 0.508 e. The van der Waals surface area contributed by atoms with Gasteiger partial charge in [-0.3, -0.25) is 72.3 Å². The van der Waals surface area contributed by atoms with E-state index in [0.29, 0.717) is 34.0 Å². The van der Waals surface area contributed by atoms with Gasteiger partial charge in [0.1, 0.15) is 48.0 Å². The molecule has 1 aliphatic rings. The van der Waals surface area contributed by atoms with Crippen LogP contribution in [-0.4, -0.2) is 309 Å². The van der Waals surface area contributed by atoms with Crippen molar-refractivity contribution < 1.29 is 88.5 Å². The van der Waals surface area contributed by atoms with Gasteiger partial charge in [0, 0.05) is 120 Å². The minimum atomic E-state index is -1.73. The van der Waals surface area contributed by atoms with Crippen molar-refractivity contribution in [1.82, 2.24) is 67.1 Å². The van der Waals surface area contributed by atoms with Gasteiger partial charge in [-0.05, 0) is 74.5 Å². The van der Waals surface area contributed by atoms with Crippen LogP contribution in [-0.2, 0) is 72.0 Å². The molecule has 1 aliphatic heterocycles. The van der Waals surface area contributed by atoms with Crippen LogP contribution in [0.25, 0.3) is 10.9 Å². The van der Waals surface area contributed by atoms with Crippen LogP contribution in [0.4, 0.5) is 0 Å². The van der Waals surface area contributed by atoms with E-state index in [1.165, 1.54) is 38.1 Å². The van der Waals surface area contributed by atoms with Crippen LogP contribution in [0.3, 0.4) is 0 Å². The number of carbonyl (C=O) groups excluding carboxylic acids is 8. The number of unbranched alkanes of at least 4 members (excludes halogenated alkanes) is 1. The third-order valence-corrected chi connectivity index (χ3v) is 17.2. The number of carboxylic acid groups (broad SMARTS) is 3. The maximum absolute atomic E-state index is 15.0. The van der Waals surface area contributed by atoms with E-state index in [9.17, 15) is 83.7 Å². The smallest absolute Gasteiger partial charge is 0.317 e. The van der Waals surface area contributed by atoms with Gasteiger partial charge in [0.25, 0.3) is 0 Å². The molecule has 8 amide bonds. The Labute approximate surface area is 602 Å². The number of carbonyl (C=O) groups is 11. The van der Waals surface area contributed by atoms with Crippen molar-refractivity contribution in [1.29, 1.82) is 0 Å². The standard InChI is InChI=1S/C65H94N14O18S2.Ga/c1-39(81)51(36-80)72-64(96)53(38-99)74-65(97)58(40(2)82)75-59(91)47(14-8-9-19-66)69-62(94)50(30-43-31-67-46-13-7-6-12-45(43)46)71-61(93)49(29-42-15-17-44(83)18-16-42)70-63(95)52(37-98)73-60(92)48(28-41-10-4-3-5-11-41)68-54(84)32-76-20-22-77(33-55(85)86)24-26-79(35-57(89)90)27-25-78(23-21-76)34-56(87)88;/h3-7,10-13,15-18,31,39-40,47-53,58,67,80-83,98-99H,8-9,14,19-30,32-38,66H2,1-2H3,(H,68,84)(H,69,94)(H,70,95)(H,71,93)(H,72,96)(H,73,92)(H,74,97)(H,75,91)(H,85,86)(H,87,88)(H,89,90);/t39-,40-,47+,48-,49+,50-,51-,52+,53+,58+;/m1./s1/i;1-4. The fraction of sp³-hybridized carbons (Fsp3) is 0.523. The van der Waals surface area contributed by atoms with E-state index in [4.69, 9.17) is 5.73 Å². The predicted octanol–water partition coefficient (Wildman–Crippen LogP) is -4.38. The summed E-state index contributed by atoms with van der Waals surface area (Å²) in [6.07, 6.45) is -1.18. The summed E-state index contributed by atoms with van der Waals surface area (Å²) in [6, 6.07) is 9.75. The number of nitrogens with two attached hydrogens (primary N) is 1. The van der Waals surface area contributed by atoms with Crippen LogP contribution < -0.4 is 48.3 Å². The van der Waals surface area contributed by atoms with Crippen LogP contribution in [0.2, 0.25) is 0 Å². The van der Waals surface area contributed by atoms with Crippen molar-refractivity contribution in [3.05, 3.63) is 102 Å². The van der Waals surface area contributed by atoms with E-state index in [1.807, 2.05) is 0 Å². The molecule has 3 radical (unpaired) electrons. The number of amides is 8. The molecule has 4 aromatic rings. The Morgan fingerprint density at radius 2 is 0.900 bits per heavy atom. The third-order valence-electron chi connectivity index (χ3n) is 16.4. The minimum Gasteiger partial charge on any atom is -0.508 e. The van der Waals surface area contributed by atoms with Crippen LogP contribution >= 0.6 is 25.3 Å². The number of fused-ring (bicyclic) bond motifs is 1. The number of aliphatic carboxylic acids is 3. The molecule has 1 aromatic heterocycles. The topological polar surface area (TPSA) is 480 Å². The van der Waals surface area contributed by atoms with Crippen molar-refractivity contribution in [2.24, 2.45) is 5.73 Å². The monoisotopic (exact) mass is 1490 g/mol. The molecule has 2 heterocycles. The molecule has 1 saturated heterocycles. The van der Waals surface area contributed by atoms with Crippen molar-refractivity contribution in [3.8, 4) is 5.75 Å². The summed E-state index contributed by atoms with van der Waals surface area (Å²) in [7, 11) is 0. The fourth-order valence-corrected chi connectivity index (χ4v) is 11.4. The second-order valence-corrected chi connectivity index (χ2v) is 25.0.